The van der Waals surface area contributed by atoms with Crippen LogP contribution < -0.4 is 15.4 Å². The van der Waals surface area contributed by atoms with Crippen molar-refractivity contribution in [2.45, 2.75) is 26.8 Å². The quantitative estimate of drug-likeness (QED) is 0.436. The van der Waals surface area contributed by atoms with Crippen molar-refractivity contribution in [3.8, 4) is 5.75 Å². The first-order valence-corrected chi connectivity index (χ1v) is 8.17. The fourth-order valence-electron chi connectivity index (χ4n) is 2.33. The molecule has 130 valence electrons. The van der Waals surface area contributed by atoms with Crippen molar-refractivity contribution in [3.05, 3.63) is 42.0 Å². The average Bonchev–Trinajstić information content (AvgIpc) is 2.92. The maximum Gasteiger partial charge on any atom is 0.191 e. The number of hydrogen-bond acceptors (Lipinski definition) is 4. The molecule has 2 N–H and O–H groups in total. The summed E-state index contributed by atoms with van der Waals surface area (Å²) < 4.78 is 7.62. The summed E-state index contributed by atoms with van der Waals surface area (Å²) in [5.74, 6) is 1.55. The summed E-state index contributed by atoms with van der Waals surface area (Å²) in [5.41, 5.74) is 2.26. The Kier molecular flexibility index (Phi) is 7.07. The van der Waals surface area contributed by atoms with E-state index < -0.39 is 0 Å². The molecule has 2 rings (SSSR count). The minimum Gasteiger partial charge on any atom is -0.490 e. The zero-order valence-electron chi connectivity index (χ0n) is 14.6. The van der Waals surface area contributed by atoms with E-state index >= 15 is 0 Å². The third-order valence-corrected chi connectivity index (χ3v) is 3.46. The van der Waals surface area contributed by atoms with Gasteiger partial charge in [0.1, 0.15) is 12.4 Å². The van der Waals surface area contributed by atoms with Crippen molar-refractivity contribution >= 4 is 5.96 Å². The molecule has 0 saturated carbocycles. The van der Waals surface area contributed by atoms with Crippen molar-refractivity contribution in [2.24, 2.45) is 4.99 Å². The monoisotopic (exact) mass is 330 g/mol. The summed E-state index contributed by atoms with van der Waals surface area (Å²) in [5, 5.41) is 11.0. The molecule has 2 aromatic heterocycles. The van der Waals surface area contributed by atoms with Crippen LogP contribution in [-0.4, -0.2) is 47.5 Å². The Balaban J connectivity index is 1.59. The van der Waals surface area contributed by atoms with Gasteiger partial charge in [0.05, 0.1) is 18.4 Å². The lowest BCUT2D eigenvalue weighted by molar-refractivity contribution is 0.320. The lowest BCUT2D eigenvalue weighted by atomic mass is 10.4. The Labute approximate surface area is 143 Å². The lowest BCUT2D eigenvalue weighted by Gasteiger charge is -2.12. The first-order chi connectivity index (χ1) is 11.7. The van der Waals surface area contributed by atoms with E-state index in [-0.39, 0.29) is 0 Å². The van der Waals surface area contributed by atoms with Crippen LogP contribution in [0.4, 0.5) is 0 Å². The summed E-state index contributed by atoms with van der Waals surface area (Å²) in [6.45, 7) is 7.05. The van der Waals surface area contributed by atoms with E-state index in [1.54, 1.807) is 19.4 Å². The third-order valence-electron chi connectivity index (χ3n) is 3.46. The minimum atomic E-state index is 0.554. The van der Waals surface area contributed by atoms with E-state index in [4.69, 9.17) is 4.74 Å². The number of aromatic nitrogens is 3. The first-order valence-electron chi connectivity index (χ1n) is 8.17. The fourth-order valence-corrected chi connectivity index (χ4v) is 2.33. The highest BCUT2D eigenvalue weighted by molar-refractivity contribution is 5.79. The van der Waals surface area contributed by atoms with E-state index in [9.17, 15) is 0 Å². The number of ether oxygens (including phenoxy) is 1. The maximum absolute atomic E-state index is 5.58. The van der Waals surface area contributed by atoms with Gasteiger partial charge in [0.15, 0.2) is 5.96 Å². The number of aryl methyl sites for hydroxylation is 3. The molecular weight excluding hydrogens is 304 g/mol. The average molecular weight is 330 g/mol. The maximum atomic E-state index is 5.58. The van der Waals surface area contributed by atoms with Gasteiger partial charge in [0.2, 0.25) is 0 Å². The fraction of sp³-hybridized carbons (Fsp3) is 0.471. The molecule has 2 aromatic rings. The summed E-state index contributed by atoms with van der Waals surface area (Å²) in [4.78, 5) is 8.21. The number of hydrogen-bond donors (Lipinski definition) is 2. The number of nitrogens with one attached hydrogen (secondary N) is 2. The highest BCUT2D eigenvalue weighted by atomic mass is 16.5. The molecule has 7 nitrogen and oxygen atoms in total. The van der Waals surface area contributed by atoms with Crippen LogP contribution in [0.2, 0.25) is 0 Å². The molecule has 0 unspecified atom stereocenters. The van der Waals surface area contributed by atoms with Crippen LogP contribution in [0, 0.1) is 13.8 Å². The molecule has 0 aliphatic carbocycles. The smallest absolute Gasteiger partial charge is 0.191 e. The number of pyridine rings is 1. The highest BCUT2D eigenvalue weighted by Crippen LogP contribution is 2.05. The Morgan fingerprint density at radius 1 is 1.29 bits per heavy atom. The van der Waals surface area contributed by atoms with Gasteiger partial charge in [-0.2, -0.15) is 5.10 Å². The third kappa shape index (κ3) is 5.91. The summed E-state index contributed by atoms with van der Waals surface area (Å²) in [6, 6.07) is 5.83. The second kappa shape index (κ2) is 9.54. The van der Waals surface area contributed by atoms with Crippen molar-refractivity contribution in [2.75, 3.05) is 26.7 Å². The normalized spacial score (nSPS) is 11.4. The molecule has 0 saturated heterocycles. The van der Waals surface area contributed by atoms with Gasteiger partial charge < -0.3 is 15.4 Å². The summed E-state index contributed by atoms with van der Waals surface area (Å²) >= 11 is 0. The molecule has 0 atom stereocenters. The van der Waals surface area contributed by atoms with Gasteiger partial charge >= 0.3 is 0 Å². The molecule has 0 amide bonds. The van der Waals surface area contributed by atoms with Gasteiger partial charge in [-0.1, -0.05) is 0 Å². The molecule has 0 aliphatic rings. The predicted octanol–water partition coefficient (Wildman–Crippen LogP) is 1.53. The Morgan fingerprint density at radius 3 is 2.79 bits per heavy atom. The standard InChI is InChI=1S/C17H26N6O/c1-14-12-15(2)23(22-14)10-5-8-20-17(18-3)21-9-11-24-16-6-4-7-19-13-16/h4,6-7,12-13H,5,8-11H2,1-3H3,(H2,18,20,21). The topological polar surface area (TPSA) is 76.4 Å². The van der Waals surface area contributed by atoms with Crippen LogP contribution in [0.1, 0.15) is 17.8 Å². The van der Waals surface area contributed by atoms with Gasteiger partial charge in [0.25, 0.3) is 0 Å². The van der Waals surface area contributed by atoms with E-state index in [1.807, 2.05) is 23.7 Å². The van der Waals surface area contributed by atoms with Crippen LogP contribution in [-0.2, 0) is 6.54 Å². The molecule has 7 heteroatoms. The van der Waals surface area contributed by atoms with E-state index in [0.717, 1.165) is 36.9 Å². The second-order valence-corrected chi connectivity index (χ2v) is 5.47. The van der Waals surface area contributed by atoms with Crippen LogP contribution in [0.3, 0.4) is 0 Å². The molecule has 0 aliphatic heterocycles. The van der Waals surface area contributed by atoms with Gasteiger partial charge in [-0.15, -0.1) is 0 Å². The molecule has 0 aromatic carbocycles. The number of rotatable bonds is 8. The van der Waals surface area contributed by atoms with Crippen LogP contribution in [0.5, 0.6) is 5.75 Å². The largest absolute Gasteiger partial charge is 0.490 e. The van der Waals surface area contributed by atoms with Gasteiger partial charge in [0, 0.05) is 32.0 Å². The number of guanidine groups is 1. The Bertz CT molecular complexity index is 638. The number of aliphatic imine (C=N–C) groups is 1. The van der Waals surface area contributed by atoms with Crippen molar-refractivity contribution < 1.29 is 4.74 Å². The molecule has 0 spiro atoms. The second-order valence-electron chi connectivity index (χ2n) is 5.47. The zero-order valence-corrected chi connectivity index (χ0v) is 14.6. The molecule has 0 radical (unpaired) electrons. The van der Waals surface area contributed by atoms with Crippen molar-refractivity contribution in [1.29, 1.82) is 0 Å². The van der Waals surface area contributed by atoms with Crippen LogP contribution in [0.15, 0.2) is 35.6 Å². The minimum absolute atomic E-state index is 0.554. The van der Waals surface area contributed by atoms with E-state index in [1.165, 1.54) is 5.69 Å². The Morgan fingerprint density at radius 2 is 2.12 bits per heavy atom. The van der Waals surface area contributed by atoms with Crippen LogP contribution >= 0.6 is 0 Å². The van der Waals surface area contributed by atoms with E-state index in [0.29, 0.717) is 13.2 Å². The summed E-state index contributed by atoms with van der Waals surface area (Å²) in [6.07, 6.45) is 4.41. The predicted molar refractivity (Wildman–Crippen MR) is 95.4 cm³/mol. The number of nitrogens with zero attached hydrogens (tertiary/aromatic N) is 4. The van der Waals surface area contributed by atoms with Crippen LogP contribution in [0.25, 0.3) is 0 Å². The highest BCUT2D eigenvalue weighted by Gasteiger charge is 2.01. The molecule has 24 heavy (non-hydrogen) atoms. The molecule has 2 heterocycles. The van der Waals surface area contributed by atoms with Crippen molar-refractivity contribution in [3.63, 3.8) is 0 Å². The van der Waals surface area contributed by atoms with Crippen molar-refractivity contribution in [1.82, 2.24) is 25.4 Å². The molecule has 0 bridgehead atoms. The van der Waals surface area contributed by atoms with Gasteiger partial charge in [-0.25, -0.2) is 0 Å². The van der Waals surface area contributed by atoms with E-state index in [2.05, 4.69) is 38.7 Å². The summed E-state index contributed by atoms with van der Waals surface area (Å²) in [7, 11) is 1.76. The zero-order chi connectivity index (χ0) is 17.2. The Hall–Kier alpha value is -2.57. The first kappa shape index (κ1) is 17.8. The molecular formula is C17H26N6O. The SMILES string of the molecule is CN=C(NCCCn1nc(C)cc1C)NCCOc1cccnc1. The lowest BCUT2D eigenvalue weighted by Crippen LogP contribution is -2.39. The van der Waals surface area contributed by atoms with Gasteiger partial charge in [-0.05, 0) is 38.5 Å². The van der Waals surface area contributed by atoms with Gasteiger partial charge in [-0.3, -0.25) is 14.7 Å². The molecule has 0 fully saturated rings.